The van der Waals surface area contributed by atoms with Crippen LogP contribution < -0.4 is 25.8 Å². The van der Waals surface area contributed by atoms with E-state index in [-0.39, 0.29) is 49.8 Å². The molecule has 1 aliphatic rings. The predicted octanol–water partition coefficient (Wildman–Crippen LogP) is 4.68. The van der Waals surface area contributed by atoms with Crippen LogP contribution in [0, 0.1) is 20.8 Å². The summed E-state index contributed by atoms with van der Waals surface area (Å²) in [4.78, 5) is 59.8. The number of aryl methyl sites for hydroxylation is 1. The number of amides is 3. The number of aliphatic carboxylic acids is 1. The SMILES string of the molecule is COc1cc(C)c(S(=O)(=O)NC(N)=NCCC[C@H](NC(=O)[C@@H]2CCCN2C(=O)[C@H](NC(=O)OCc2ccccc2)C(c2ccccc2)c2ccccc2)C(=O)O)c(C)c1C. The summed E-state index contributed by atoms with van der Waals surface area (Å²) < 4.78 is 39.7. The van der Waals surface area contributed by atoms with Gasteiger partial charge in [-0.15, -0.1) is 0 Å². The number of aliphatic imine (C=N–C) groups is 1. The lowest BCUT2D eigenvalue weighted by atomic mass is 9.84. The number of methoxy groups -OCH3 is 1. The molecule has 15 nitrogen and oxygen atoms in total. The molecule has 0 aliphatic carbocycles. The van der Waals surface area contributed by atoms with Crippen molar-refractivity contribution in [2.75, 3.05) is 20.2 Å². The molecular formula is C44H52N6O9S. The summed E-state index contributed by atoms with van der Waals surface area (Å²) in [5.74, 6) is -3.00. The average Bonchev–Trinajstić information content (AvgIpc) is 3.73. The van der Waals surface area contributed by atoms with Crippen molar-refractivity contribution in [1.29, 1.82) is 0 Å². The molecule has 0 spiro atoms. The summed E-state index contributed by atoms with van der Waals surface area (Å²) >= 11 is 0. The standard InChI is InChI=1S/C44H52N6O9S/c1-28-26-36(58-4)29(2)30(3)39(28)60(56,57)49-43(45)46-24-14-22-34(42(53)54)47-40(51)35-23-15-25-50(35)41(52)38(48-44(55)59-27-31-16-8-5-9-17-31)37(32-18-10-6-11-19-32)33-20-12-7-13-21-33/h5-13,16-21,26,34-35,37-38H,14-15,22-25,27H2,1-4H3,(H,47,51)(H,48,55)(H,53,54)(H3,45,46,49)/t34-,35-,38+/m0/s1. The summed E-state index contributed by atoms with van der Waals surface area (Å²) in [7, 11) is -2.61. The van der Waals surface area contributed by atoms with Gasteiger partial charge in [0.25, 0.3) is 10.0 Å². The van der Waals surface area contributed by atoms with Gasteiger partial charge in [0.15, 0.2) is 0 Å². The van der Waals surface area contributed by atoms with E-state index < -0.39 is 57.9 Å². The van der Waals surface area contributed by atoms with Crippen LogP contribution in [0.15, 0.2) is 107 Å². The Hall–Kier alpha value is -6.42. The van der Waals surface area contributed by atoms with Crippen molar-refractivity contribution in [2.24, 2.45) is 10.7 Å². The molecule has 1 fully saturated rings. The molecule has 16 heteroatoms. The van der Waals surface area contributed by atoms with Crippen LogP contribution in [-0.2, 0) is 35.8 Å². The number of ether oxygens (including phenoxy) is 2. The number of alkyl carbamates (subject to hydrolysis) is 1. The first-order chi connectivity index (χ1) is 28.7. The van der Waals surface area contributed by atoms with Gasteiger partial charge in [0, 0.05) is 19.0 Å². The molecule has 3 atom stereocenters. The number of nitrogens with one attached hydrogen (secondary N) is 3. The zero-order valence-electron chi connectivity index (χ0n) is 34.1. The molecule has 1 heterocycles. The molecule has 0 unspecified atom stereocenters. The van der Waals surface area contributed by atoms with Gasteiger partial charge in [-0.2, -0.15) is 0 Å². The fourth-order valence-corrected chi connectivity index (χ4v) is 8.93. The molecule has 4 aromatic rings. The third-order valence-electron chi connectivity index (χ3n) is 10.5. The molecule has 0 radical (unpaired) electrons. The first kappa shape index (κ1) is 44.7. The number of sulfonamides is 1. The van der Waals surface area contributed by atoms with E-state index >= 15 is 0 Å². The molecule has 318 valence electrons. The molecule has 1 saturated heterocycles. The molecule has 5 rings (SSSR count). The fraction of sp³-hybridized carbons (Fsp3) is 0.341. The lowest BCUT2D eigenvalue weighted by molar-refractivity contribution is -0.144. The first-order valence-corrected chi connectivity index (χ1v) is 21.1. The number of guanidine groups is 1. The highest BCUT2D eigenvalue weighted by Crippen LogP contribution is 2.32. The Kier molecular flexibility index (Phi) is 15.3. The number of carbonyl (C=O) groups excluding carboxylic acids is 3. The number of hydrogen-bond acceptors (Lipinski definition) is 9. The largest absolute Gasteiger partial charge is 0.496 e. The Bertz CT molecular complexity index is 2240. The van der Waals surface area contributed by atoms with Gasteiger partial charge in [0.2, 0.25) is 17.8 Å². The maximum absolute atomic E-state index is 14.7. The van der Waals surface area contributed by atoms with Crippen LogP contribution in [0.1, 0.15) is 65.0 Å². The van der Waals surface area contributed by atoms with Gasteiger partial charge in [-0.1, -0.05) is 91.0 Å². The number of carboxylic acid groups (broad SMARTS) is 1. The van der Waals surface area contributed by atoms with Crippen molar-refractivity contribution in [3.8, 4) is 5.75 Å². The number of benzene rings is 4. The van der Waals surface area contributed by atoms with E-state index in [2.05, 4.69) is 20.3 Å². The van der Waals surface area contributed by atoms with Crippen molar-refractivity contribution in [1.82, 2.24) is 20.3 Å². The van der Waals surface area contributed by atoms with E-state index in [0.29, 0.717) is 28.9 Å². The van der Waals surface area contributed by atoms with E-state index in [9.17, 15) is 32.7 Å². The number of nitrogens with zero attached hydrogens (tertiary/aromatic N) is 2. The highest BCUT2D eigenvalue weighted by Gasteiger charge is 2.42. The maximum atomic E-state index is 14.7. The average molecular weight is 841 g/mol. The number of hydrogen-bond donors (Lipinski definition) is 5. The third-order valence-corrected chi connectivity index (χ3v) is 12.1. The van der Waals surface area contributed by atoms with Crippen LogP contribution in [0.4, 0.5) is 4.79 Å². The van der Waals surface area contributed by atoms with Gasteiger partial charge in [0.1, 0.15) is 30.5 Å². The second kappa shape index (κ2) is 20.5. The van der Waals surface area contributed by atoms with Gasteiger partial charge in [0.05, 0.1) is 12.0 Å². The number of rotatable bonds is 17. The monoisotopic (exact) mass is 840 g/mol. The smallest absolute Gasteiger partial charge is 0.408 e. The first-order valence-electron chi connectivity index (χ1n) is 19.6. The lowest BCUT2D eigenvalue weighted by Crippen LogP contribution is -2.56. The molecule has 0 saturated carbocycles. The molecule has 0 aromatic heterocycles. The van der Waals surface area contributed by atoms with Crippen molar-refractivity contribution in [3.63, 3.8) is 0 Å². The summed E-state index contributed by atoms with van der Waals surface area (Å²) in [6.45, 7) is 5.17. The summed E-state index contributed by atoms with van der Waals surface area (Å²) in [6, 6.07) is 25.6. The van der Waals surface area contributed by atoms with Gasteiger partial charge in [-0.25, -0.2) is 22.7 Å². The van der Waals surface area contributed by atoms with E-state index in [0.717, 1.165) is 16.7 Å². The van der Waals surface area contributed by atoms with Gasteiger partial charge < -0.3 is 35.8 Å². The molecule has 60 heavy (non-hydrogen) atoms. The topological polar surface area (TPSA) is 219 Å². The van der Waals surface area contributed by atoms with E-state index in [1.165, 1.54) is 12.0 Å². The van der Waals surface area contributed by atoms with Crippen molar-refractivity contribution < 1.29 is 42.2 Å². The number of likely N-dealkylation sites (tertiary alicyclic amines) is 1. The van der Waals surface area contributed by atoms with Crippen molar-refractivity contribution in [3.05, 3.63) is 130 Å². The molecule has 4 aromatic carbocycles. The molecule has 6 N–H and O–H groups in total. The second-order valence-electron chi connectivity index (χ2n) is 14.6. The summed E-state index contributed by atoms with van der Waals surface area (Å²) in [5, 5.41) is 15.5. The Morgan fingerprint density at radius 2 is 1.50 bits per heavy atom. The minimum atomic E-state index is -4.11. The fourth-order valence-electron chi connectivity index (χ4n) is 7.45. The van der Waals surface area contributed by atoms with Crippen molar-refractivity contribution in [2.45, 2.75) is 82.0 Å². The number of carbonyl (C=O) groups is 4. The van der Waals surface area contributed by atoms with E-state index in [4.69, 9.17) is 15.2 Å². The predicted molar refractivity (Wildman–Crippen MR) is 226 cm³/mol. The van der Waals surface area contributed by atoms with Crippen LogP contribution in [0.2, 0.25) is 0 Å². The summed E-state index contributed by atoms with van der Waals surface area (Å²) in [6.07, 6.45) is -0.0307. The Morgan fingerprint density at radius 1 is 0.900 bits per heavy atom. The lowest BCUT2D eigenvalue weighted by Gasteiger charge is -2.33. The molecular weight excluding hydrogens is 789 g/mol. The Morgan fingerprint density at radius 3 is 2.08 bits per heavy atom. The molecule has 1 aliphatic heterocycles. The number of nitrogens with two attached hydrogens (primary N) is 1. The zero-order chi connectivity index (χ0) is 43.4. The van der Waals surface area contributed by atoms with E-state index in [1.807, 2.05) is 91.0 Å². The van der Waals surface area contributed by atoms with E-state index in [1.54, 1.807) is 26.8 Å². The van der Waals surface area contributed by atoms with Crippen LogP contribution in [0.5, 0.6) is 5.75 Å². The zero-order valence-corrected chi connectivity index (χ0v) is 34.9. The number of carboxylic acids is 1. The Labute approximate surface area is 350 Å². The van der Waals surface area contributed by atoms with Gasteiger partial charge >= 0.3 is 12.1 Å². The summed E-state index contributed by atoms with van der Waals surface area (Å²) in [5.41, 5.74) is 9.80. The quantitative estimate of drug-likeness (QED) is 0.0562. The van der Waals surface area contributed by atoms with Gasteiger partial charge in [-0.3, -0.25) is 14.6 Å². The maximum Gasteiger partial charge on any atom is 0.408 e. The van der Waals surface area contributed by atoms with Crippen LogP contribution in [0.3, 0.4) is 0 Å². The normalized spacial score (nSPS) is 15.2. The highest BCUT2D eigenvalue weighted by molar-refractivity contribution is 7.90. The van der Waals surface area contributed by atoms with Crippen molar-refractivity contribution >= 4 is 39.9 Å². The highest BCUT2D eigenvalue weighted by atomic mass is 32.2. The molecule has 0 bridgehead atoms. The third kappa shape index (κ3) is 11.2. The van der Waals surface area contributed by atoms with Crippen LogP contribution >= 0.6 is 0 Å². The van der Waals surface area contributed by atoms with Crippen LogP contribution in [0.25, 0.3) is 0 Å². The minimum Gasteiger partial charge on any atom is -0.496 e. The Balaban J connectivity index is 1.28. The van der Waals surface area contributed by atoms with Crippen LogP contribution in [-0.4, -0.2) is 86.6 Å². The minimum absolute atomic E-state index is 0.0312. The second-order valence-corrected chi connectivity index (χ2v) is 16.2. The van der Waals surface area contributed by atoms with Gasteiger partial charge in [-0.05, 0) is 85.9 Å². The molecule has 3 amide bonds.